The fraction of sp³-hybridized carbons (Fsp3) is 0.0769. The van der Waals surface area contributed by atoms with Crippen LogP contribution in [-0.4, -0.2) is 20.1 Å². The first kappa shape index (κ1) is 9.99. The zero-order valence-electron chi connectivity index (χ0n) is 9.04. The molecule has 2 aromatic heterocycles. The lowest BCUT2D eigenvalue weighted by atomic mass is 10.1. The third kappa shape index (κ3) is 1.79. The molecule has 0 aliphatic rings. The van der Waals surface area contributed by atoms with E-state index in [9.17, 15) is 5.11 Å². The van der Waals surface area contributed by atoms with Crippen molar-refractivity contribution in [2.24, 2.45) is 0 Å². The fourth-order valence-corrected chi connectivity index (χ4v) is 1.80. The molecule has 0 spiro atoms. The Morgan fingerprint density at radius 1 is 1.12 bits per heavy atom. The number of aliphatic hydroxyl groups excluding tert-OH is 1. The summed E-state index contributed by atoms with van der Waals surface area (Å²) < 4.78 is 0. The highest BCUT2D eigenvalue weighted by Crippen LogP contribution is 2.21. The van der Waals surface area contributed by atoms with Crippen LogP contribution in [0.5, 0.6) is 0 Å². The lowest BCUT2D eigenvalue weighted by Crippen LogP contribution is -2.01. The van der Waals surface area contributed by atoms with Crippen LogP contribution in [0, 0.1) is 0 Å². The Morgan fingerprint density at radius 2 is 1.94 bits per heavy atom. The van der Waals surface area contributed by atoms with E-state index in [2.05, 4.69) is 15.0 Å². The van der Waals surface area contributed by atoms with E-state index in [1.165, 1.54) is 0 Å². The fourth-order valence-electron chi connectivity index (χ4n) is 1.80. The Balaban J connectivity index is 2.04. The highest BCUT2D eigenvalue weighted by molar-refractivity contribution is 5.73. The van der Waals surface area contributed by atoms with E-state index in [1.54, 1.807) is 12.4 Å². The van der Waals surface area contributed by atoms with E-state index in [0.717, 1.165) is 16.6 Å². The van der Waals surface area contributed by atoms with Gasteiger partial charge in [-0.25, -0.2) is 4.98 Å². The van der Waals surface area contributed by atoms with E-state index in [1.807, 2.05) is 36.4 Å². The lowest BCUT2D eigenvalue weighted by molar-refractivity contribution is 0.211. The molecule has 4 nitrogen and oxygen atoms in total. The second kappa shape index (κ2) is 3.99. The number of aromatic nitrogens is 3. The van der Waals surface area contributed by atoms with E-state index < -0.39 is 6.10 Å². The smallest absolute Gasteiger partial charge is 0.140 e. The first-order valence-electron chi connectivity index (χ1n) is 5.37. The van der Waals surface area contributed by atoms with Crippen molar-refractivity contribution in [1.82, 2.24) is 15.0 Å². The number of fused-ring (bicyclic) bond motifs is 1. The van der Waals surface area contributed by atoms with Gasteiger partial charge in [-0.1, -0.05) is 30.3 Å². The molecule has 0 fully saturated rings. The van der Waals surface area contributed by atoms with Crippen LogP contribution in [0.25, 0.3) is 11.0 Å². The zero-order valence-corrected chi connectivity index (χ0v) is 9.04. The summed E-state index contributed by atoms with van der Waals surface area (Å²) in [5.41, 5.74) is 2.46. The molecule has 1 aromatic carbocycles. The molecule has 0 saturated carbocycles. The van der Waals surface area contributed by atoms with Gasteiger partial charge in [0.15, 0.2) is 0 Å². The van der Waals surface area contributed by atoms with Crippen LogP contribution in [0.1, 0.15) is 17.5 Å². The number of H-pyrrole nitrogens is 1. The van der Waals surface area contributed by atoms with E-state index in [-0.39, 0.29) is 0 Å². The van der Waals surface area contributed by atoms with Gasteiger partial charge in [0.2, 0.25) is 0 Å². The maximum Gasteiger partial charge on any atom is 0.140 e. The molecule has 3 aromatic rings. The van der Waals surface area contributed by atoms with Crippen LogP contribution in [0.3, 0.4) is 0 Å². The minimum absolute atomic E-state index is 0.541. The van der Waals surface area contributed by atoms with Crippen molar-refractivity contribution < 1.29 is 5.11 Å². The van der Waals surface area contributed by atoms with Crippen LogP contribution >= 0.6 is 0 Å². The zero-order chi connectivity index (χ0) is 11.7. The largest absolute Gasteiger partial charge is 0.380 e. The van der Waals surface area contributed by atoms with Crippen LogP contribution in [-0.2, 0) is 0 Å². The SMILES string of the molecule is OC(c1ccccc1)c1nc2ccncc2[nH]1. The number of hydrogen-bond donors (Lipinski definition) is 2. The second-order valence-corrected chi connectivity index (χ2v) is 3.83. The quantitative estimate of drug-likeness (QED) is 0.701. The van der Waals surface area contributed by atoms with E-state index in [0.29, 0.717) is 5.82 Å². The maximum atomic E-state index is 10.2. The summed E-state index contributed by atoms with van der Waals surface area (Å²) in [6.07, 6.45) is 2.65. The van der Waals surface area contributed by atoms with Gasteiger partial charge in [-0.3, -0.25) is 4.98 Å². The van der Waals surface area contributed by atoms with Crippen molar-refractivity contribution in [3.05, 3.63) is 60.2 Å². The average Bonchev–Trinajstić information content (AvgIpc) is 2.82. The molecule has 2 N–H and O–H groups in total. The van der Waals surface area contributed by atoms with Crippen molar-refractivity contribution in [1.29, 1.82) is 0 Å². The van der Waals surface area contributed by atoms with Crippen molar-refractivity contribution in [2.75, 3.05) is 0 Å². The molecule has 1 unspecified atom stereocenters. The molecule has 0 amide bonds. The van der Waals surface area contributed by atoms with Gasteiger partial charge >= 0.3 is 0 Å². The average molecular weight is 225 g/mol. The number of hydrogen-bond acceptors (Lipinski definition) is 3. The Labute approximate surface area is 98.0 Å². The Hall–Kier alpha value is -2.20. The number of rotatable bonds is 2. The molecular weight excluding hydrogens is 214 g/mol. The summed E-state index contributed by atoms with van der Waals surface area (Å²) in [5, 5.41) is 10.2. The Kier molecular flexibility index (Phi) is 2.34. The molecule has 4 heteroatoms. The molecule has 0 aliphatic heterocycles. The van der Waals surface area contributed by atoms with Gasteiger partial charge in [-0.2, -0.15) is 0 Å². The van der Waals surface area contributed by atoms with Crippen LogP contribution in [0.4, 0.5) is 0 Å². The standard InChI is InChI=1S/C13H11N3O/c17-12(9-4-2-1-3-5-9)13-15-10-6-7-14-8-11(10)16-13/h1-8,12,17H,(H,15,16). The van der Waals surface area contributed by atoms with Gasteiger partial charge in [0, 0.05) is 6.20 Å². The Morgan fingerprint density at radius 3 is 2.71 bits per heavy atom. The lowest BCUT2D eigenvalue weighted by Gasteiger charge is -2.06. The highest BCUT2D eigenvalue weighted by atomic mass is 16.3. The number of benzene rings is 1. The molecule has 0 radical (unpaired) electrons. The summed E-state index contributed by atoms with van der Waals surface area (Å²) in [6.45, 7) is 0. The first-order chi connectivity index (χ1) is 8.34. The van der Waals surface area contributed by atoms with Gasteiger partial charge in [0.1, 0.15) is 11.9 Å². The van der Waals surface area contributed by atoms with Gasteiger partial charge in [-0.15, -0.1) is 0 Å². The summed E-state index contributed by atoms with van der Waals surface area (Å²) in [7, 11) is 0. The number of nitrogens with zero attached hydrogens (tertiary/aromatic N) is 2. The Bertz CT molecular complexity index is 600. The van der Waals surface area contributed by atoms with Crippen LogP contribution < -0.4 is 0 Å². The summed E-state index contributed by atoms with van der Waals surface area (Å²) in [5.74, 6) is 0.541. The highest BCUT2D eigenvalue weighted by Gasteiger charge is 2.14. The summed E-state index contributed by atoms with van der Waals surface area (Å²) in [6, 6.07) is 11.3. The van der Waals surface area contributed by atoms with E-state index >= 15 is 0 Å². The van der Waals surface area contributed by atoms with E-state index in [4.69, 9.17) is 0 Å². The van der Waals surface area contributed by atoms with Gasteiger partial charge in [-0.05, 0) is 11.6 Å². The molecule has 2 heterocycles. The van der Waals surface area contributed by atoms with Crippen LogP contribution in [0.2, 0.25) is 0 Å². The van der Waals surface area contributed by atoms with Crippen molar-refractivity contribution in [3.63, 3.8) is 0 Å². The monoisotopic (exact) mass is 225 g/mol. The molecule has 0 bridgehead atoms. The number of nitrogens with one attached hydrogen (secondary N) is 1. The number of pyridine rings is 1. The molecule has 17 heavy (non-hydrogen) atoms. The maximum absolute atomic E-state index is 10.2. The van der Waals surface area contributed by atoms with Gasteiger partial charge in [0.05, 0.1) is 17.2 Å². The normalized spacial score (nSPS) is 12.8. The minimum atomic E-state index is -0.733. The first-order valence-corrected chi connectivity index (χ1v) is 5.37. The molecule has 1 atom stereocenters. The van der Waals surface area contributed by atoms with Gasteiger partial charge < -0.3 is 10.1 Å². The molecule has 0 aliphatic carbocycles. The van der Waals surface area contributed by atoms with Crippen molar-refractivity contribution >= 4 is 11.0 Å². The summed E-state index contributed by atoms with van der Waals surface area (Å²) >= 11 is 0. The topological polar surface area (TPSA) is 61.8 Å². The predicted molar refractivity (Wildman–Crippen MR) is 64.4 cm³/mol. The molecule has 3 rings (SSSR count). The van der Waals surface area contributed by atoms with Crippen molar-refractivity contribution in [2.45, 2.75) is 6.10 Å². The third-order valence-electron chi connectivity index (χ3n) is 2.68. The number of aromatic amines is 1. The molecule has 0 saturated heterocycles. The summed E-state index contributed by atoms with van der Waals surface area (Å²) in [4.78, 5) is 11.4. The predicted octanol–water partition coefficient (Wildman–Crippen LogP) is 2.04. The molecular formula is C13H11N3O. The van der Waals surface area contributed by atoms with Crippen molar-refractivity contribution in [3.8, 4) is 0 Å². The third-order valence-corrected chi connectivity index (χ3v) is 2.68. The molecule has 84 valence electrons. The number of imidazole rings is 1. The van der Waals surface area contributed by atoms with Crippen LogP contribution in [0.15, 0.2) is 48.8 Å². The minimum Gasteiger partial charge on any atom is -0.380 e. The second-order valence-electron chi connectivity index (χ2n) is 3.83. The number of aliphatic hydroxyl groups is 1. The van der Waals surface area contributed by atoms with Gasteiger partial charge in [0.25, 0.3) is 0 Å².